The maximum Gasteiger partial charge on any atom is 0.303 e. The Balaban J connectivity index is 1.96. The van der Waals surface area contributed by atoms with Gasteiger partial charge in [-0.25, -0.2) is 0 Å². The molecule has 0 aliphatic heterocycles. The molecule has 1 heterocycles. The number of hydrogen-bond acceptors (Lipinski definition) is 2. The zero-order valence-electron chi connectivity index (χ0n) is 10.9. The lowest BCUT2D eigenvalue weighted by molar-refractivity contribution is -0.138. The maximum atomic E-state index is 10.8. The fraction of sp³-hybridized carbons (Fsp3) is 0.400. The number of carboxylic acid groups (broad SMARTS) is 1. The Kier molecular flexibility index (Phi) is 3.27. The molecule has 2 aromatic rings. The largest absolute Gasteiger partial charge is 0.481 e. The van der Waals surface area contributed by atoms with Gasteiger partial charge in [-0.05, 0) is 55.2 Å². The smallest absolute Gasteiger partial charge is 0.303 e. The van der Waals surface area contributed by atoms with Gasteiger partial charge in [0.25, 0.3) is 0 Å². The average molecular weight is 275 g/mol. The molecule has 1 atom stereocenters. The number of thioether (sulfide) groups is 1. The lowest BCUT2D eigenvalue weighted by Gasteiger charge is -2.20. The molecule has 1 aromatic carbocycles. The van der Waals surface area contributed by atoms with Crippen LogP contribution in [0.15, 0.2) is 23.1 Å². The Morgan fingerprint density at radius 2 is 2.37 bits per heavy atom. The van der Waals surface area contributed by atoms with E-state index >= 15 is 0 Å². The van der Waals surface area contributed by atoms with Crippen LogP contribution in [0.1, 0.15) is 24.1 Å². The molecular formula is C15H17NO2S. The van der Waals surface area contributed by atoms with Gasteiger partial charge >= 0.3 is 5.97 Å². The second-order valence-corrected chi connectivity index (χ2v) is 6.08. The van der Waals surface area contributed by atoms with Gasteiger partial charge in [-0.1, -0.05) is 0 Å². The molecule has 100 valence electrons. The highest BCUT2D eigenvalue weighted by atomic mass is 32.2. The van der Waals surface area contributed by atoms with E-state index in [1.807, 2.05) is 0 Å². The molecule has 3 rings (SSSR count). The summed E-state index contributed by atoms with van der Waals surface area (Å²) in [5, 5.41) is 10.2. The molecule has 1 aliphatic carbocycles. The number of benzene rings is 1. The zero-order chi connectivity index (χ0) is 13.4. The molecule has 1 aliphatic rings. The number of hydrogen-bond donors (Lipinski definition) is 2. The molecule has 0 saturated carbocycles. The summed E-state index contributed by atoms with van der Waals surface area (Å²) in [4.78, 5) is 15.6. The van der Waals surface area contributed by atoms with Gasteiger partial charge in [0.2, 0.25) is 0 Å². The molecular weight excluding hydrogens is 258 g/mol. The van der Waals surface area contributed by atoms with E-state index in [0.717, 1.165) is 19.3 Å². The summed E-state index contributed by atoms with van der Waals surface area (Å²) >= 11 is 1.76. The second kappa shape index (κ2) is 4.93. The number of carboxylic acids is 1. The van der Waals surface area contributed by atoms with E-state index in [9.17, 15) is 4.79 Å². The van der Waals surface area contributed by atoms with E-state index in [1.54, 1.807) is 11.8 Å². The Bertz CT molecular complexity index is 632. The predicted molar refractivity (Wildman–Crippen MR) is 77.8 cm³/mol. The minimum Gasteiger partial charge on any atom is -0.481 e. The van der Waals surface area contributed by atoms with Gasteiger partial charge in [0.15, 0.2) is 0 Å². The van der Waals surface area contributed by atoms with Crippen LogP contribution in [-0.4, -0.2) is 22.3 Å². The topological polar surface area (TPSA) is 53.1 Å². The van der Waals surface area contributed by atoms with Crippen LogP contribution in [0.2, 0.25) is 0 Å². The molecule has 3 nitrogen and oxygen atoms in total. The predicted octanol–water partition coefficient (Wildman–Crippen LogP) is 3.47. The van der Waals surface area contributed by atoms with Crippen LogP contribution in [0.4, 0.5) is 0 Å². The zero-order valence-corrected chi connectivity index (χ0v) is 11.7. The van der Waals surface area contributed by atoms with Crippen molar-refractivity contribution in [3.63, 3.8) is 0 Å². The van der Waals surface area contributed by atoms with Gasteiger partial charge in [-0.3, -0.25) is 4.79 Å². The Hall–Kier alpha value is -1.42. The molecule has 1 aromatic heterocycles. The number of nitrogens with one attached hydrogen (secondary N) is 1. The Labute approximate surface area is 116 Å². The van der Waals surface area contributed by atoms with Crippen molar-refractivity contribution in [1.82, 2.24) is 4.98 Å². The minimum atomic E-state index is -0.686. The fourth-order valence-electron chi connectivity index (χ4n) is 3.03. The van der Waals surface area contributed by atoms with Crippen LogP contribution in [0, 0.1) is 5.92 Å². The summed E-state index contributed by atoms with van der Waals surface area (Å²) in [6, 6.07) is 6.50. The third-order valence-electron chi connectivity index (χ3n) is 3.96. The summed E-state index contributed by atoms with van der Waals surface area (Å²) in [5.74, 6) is -0.410. The van der Waals surface area contributed by atoms with E-state index in [0.29, 0.717) is 0 Å². The first-order valence-electron chi connectivity index (χ1n) is 6.56. The van der Waals surface area contributed by atoms with E-state index < -0.39 is 5.97 Å². The van der Waals surface area contributed by atoms with Crippen molar-refractivity contribution in [3.05, 3.63) is 29.5 Å². The molecule has 0 fully saturated rings. The van der Waals surface area contributed by atoms with Gasteiger partial charge in [-0.2, -0.15) is 0 Å². The van der Waals surface area contributed by atoms with Crippen molar-refractivity contribution >= 4 is 28.6 Å². The number of aromatic nitrogens is 1. The van der Waals surface area contributed by atoms with E-state index in [4.69, 9.17) is 5.11 Å². The Morgan fingerprint density at radius 3 is 3.11 bits per heavy atom. The number of aliphatic carboxylic acids is 1. The van der Waals surface area contributed by atoms with Crippen molar-refractivity contribution in [3.8, 4) is 0 Å². The first-order valence-corrected chi connectivity index (χ1v) is 7.79. The second-order valence-electron chi connectivity index (χ2n) is 5.20. The molecule has 0 bridgehead atoms. The van der Waals surface area contributed by atoms with Gasteiger partial charge in [0, 0.05) is 27.9 Å². The Morgan fingerprint density at radius 1 is 1.53 bits per heavy atom. The summed E-state index contributed by atoms with van der Waals surface area (Å²) in [6.07, 6.45) is 5.21. The van der Waals surface area contributed by atoms with Crippen molar-refractivity contribution in [2.45, 2.75) is 30.6 Å². The molecule has 1 unspecified atom stereocenters. The highest BCUT2D eigenvalue weighted by Crippen LogP contribution is 2.34. The summed E-state index contributed by atoms with van der Waals surface area (Å²) in [5.41, 5.74) is 3.82. The summed E-state index contributed by atoms with van der Waals surface area (Å²) in [6.45, 7) is 0. The molecule has 0 saturated heterocycles. The van der Waals surface area contributed by atoms with Crippen LogP contribution in [-0.2, 0) is 17.6 Å². The molecule has 0 amide bonds. The average Bonchev–Trinajstić information content (AvgIpc) is 2.74. The standard InChI is InChI=1S/C15H17NO2S/c1-19-10-3-5-13-12(8-10)11-4-2-9(7-15(17)18)6-14(11)16-13/h3,5,8-9,16H,2,4,6-7H2,1H3,(H,17,18). The minimum absolute atomic E-state index is 0.276. The maximum absolute atomic E-state index is 10.8. The lowest BCUT2D eigenvalue weighted by atomic mass is 9.85. The van der Waals surface area contributed by atoms with Gasteiger partial charge < -0.3 is 10.1 Å². The van der Waals surface area contributed by atoms with Crippen molar-refractivity contribution in [2.24, 2.45) is 5.92 Å². The van der Waals surface area contributed by atoms with Crippen molar-refractivity contribution in [2.75, 3.05) is 6.26 Å². The first-order chi connectivity index (χ1) is 9.17. The highest BCUT2D eigenvalue weighted by Gasteiger charge is 2.24. The molecule has 0 spiro atoms. The fourth-order valence-corrected chi connectivity index (χ4v) is 3.47. The molecule has 19 heavy (non-hydrogen) atoms. The van der Waals surface area contributed by atoms with Crippen LogP contribution in [0.25, 0.3) is 10.9 Å². The van der Waals surface area contributed by atoms with Gasteiger partial charge in [-0.15, -0.1) is 11.8 Å². The summed E-state index contributed by atoms with van der Waals surface area (Å²) < 4.78 is 0. The van der Waals surface area contributed by atoms with Crippen LogP contribution < -0.4 is 0 Å². The molecule has 0 radical (unpaired) electrons. The number of aromatic amines is 1. The SMILES string of the molecule is CSc1ccc2[nH]c3c(c2c1)CCC(CC(=O)O)C3. The summed E-state index contributed by atoms with van der Waals surface area (Å²) in [7, 11) is 0. The van der Waals surface area contributed by atoms with E-state index in [-0.39, 0.29) is 12.3 Å². The van der Waals surface area contributed by atoms with E-state index in [1.165, 1.54) is 27.1 Å². The van der Waals surface area contributed by atoms with Crippen molar-refractivity contribution < 1.29 is 9.90 Å². The van der Waals surface area contributed by atoms with Crippen LogP contribution in [0.5, 0.6) is 0 Å². The number of aryl methyl sites for hydroxylation is 1. The quantitative estimate of drug-likeness (QED) is 0.843. The third kappa shape index (κ3) is 2.37. The first kappa shape index (κ1) is 12.6. The number of fused-ring (bicyclic) bond motifs is 3. The van der Waals surface area contributed by atoms with E-state index in [2.05, 4.69) is 29.4 Å². The number of carbonyl (C=O) groups is 1. The van der Waals surface area contributed by atoms with Crippen molar-refractivity contribution in [1.29, 1.82) is 0 Å². The van der Waals surface area contributed by atoms with Crippen LogP contribution in [0.3, 0.4) is 0 Å². The van der Waals surface area contributed by atoms with Gasteiger partial charge in [0.1, 0.15) is 0 Å². The monoisotopic (exact) mass is 275 g/mol. The highest BCUT2D eigenvalue weighted by molar-refractivity contribution is 7.98. The molecule has 4 heteroatoms. The third-order valence-corrected chi connectivity index (χ3v) is 4.69. The van der Waals surface area contributed by atoms with Crippen LogP contribution >= 0.6 is 11.8 Å². The number of H-pyrrole nitrogens is 1. The normalized spacial score (nSPS) is 18.5. The molecule has 2 N–H and O–H groups in total. The number of rotatable bonds is 3. The lowest BCUT2D eigenvalue weighted by Crippen LogP contribution is -2.17. The van der Waals surface area contributed by atoms with Gasteiger partial charge in [0.05, 0.1) is 0 Å².